The first-order chi connectivity index (χ1) is 9.58. The number of nitrogens with zero attached hydrogens (tertiary/aromatic N) is 1. The lowest BCUT2D eigenvalue weighted by molar-refractivity contribution is 0.281. The third-order valence-electron chi connectivity index (χ3n) is 4.27. The first-order valence-corrected chi connectivity index (χ1v) is 8.12. The van der Waals surface area contributed by atoms with Gasteiger partial charge in [-0.15, -0.1) is 0 Å². The van der Waals surface area contributed by atoms with Crippen molar-refractivity contribution in [2.24, 2.45) is 0 Å². The van der Waals surface area contributed by atoms with Crippen molar-refractivity contribution in [3.63, 3.8) is 0 Å². The highest BCUT2D eigenvalue weighted by Crippen LogP contribution is 2.23. The molecule has 0 aromatic heterocycles. The van der Waals surface area contributed by atoms with Crippen LogP contribution in [0.2, 0.25) is 0 Å². The lowest BCUT2D eigenvalue weighted by Crippen LogP contribution is -2.40. The van der Waals surface area contributed by atoms with Gasteiger partial charge in [-0.05, 0) is 48.7 Å². The van der Waals surface area contributed by atoms with Gasteiger partial charge < -0.3 is 10.2 Å². The predicted octanol–water partition coefficient (Wildman–Crippen LogP) is 4.77. The zero-order chi connectivity index (χ0) is 14.5. The van der Waals surface area contributed by atoms with Crippen molar-refractivity contribution in [3.8, 4) is 0 Å². The summed E-state index contributed by atoms with van der Waals surface area (Å²) in [6.45, 7) is 4.42. The second kappa shape index (κ2) is 7.07. The Hall–Kier alpha value is -1.09. The molecule has 0 spiro atoms. The average Bonchev–Trinajstić information content (AvgIpc) is 2.48. The van der Waals surface area contributed by atoms with Crippen molar-refractivity contribution in [3.05, 3.63) is 29.8 Å². The van der Waals surface area contributed by atoms with Crippen LogP contribution >= 0.6 is 12.2 Å². The van der Waals surface area contributed by atoms with Gasteiger partial charge in [0.25, 0.3) is 0 Å². The Kier molecular flexibility index (Phi) is 5.41. The number of hydrogen-bond acceptors (Lipinski definition) is 1. The number of nitrogens with one attached hydrogen (secondary N) is 1. The lowest BCUT2D eigenvalue weighted by Gasteiger charge is -2.33. The Bertz CT molecular complexity index is 433. The van der Waals surface area contributed by atoms with Gasteiger partial charge in [-0.25, -0.2) is 0 Å². The summed E-state index contributed by atoms with van der Waals surface area (Å²) < 4.78 is 0. The van der Waals surface area contributed by atoms with E-state index < -0.39 is 0 Å². The summed E-state index contributed by atoms with van der Waals surface area (Å²) >= 11 is 5.54. The largest absolute Gasteiger partial charge is 0.349 e. The molecule has 1 saturated carbocycles. The van der Waals surface area contributed by atoms with Gasteiger partial charge in [-0.2, -0.15) is 0 Å². The molecule has 110 valence electrons. The van der Waals surface area contributed by atoms with Crippen LogP contribution in [0.5, 0.6) is 0 Å². The molecule has 20 heavy (non-hydrogen) atoms. The highest BCUT2D eigenvalue weighted by Gasteiger charge is 2.19. The average molecular weight is 290 g/mol. The van der Waals surface area contributed by atoms with E-state index in [1.807, 2.05) is 0 Å². The van der Waals surface area contributed by atoms with Crippen molar-refractivity contribution in [2.75, 3.05) is 12.4 Å². The van der Waals surface area contributed by atoms with E-state index in [1.165, 1.54) is 37.7 Å². The summed E-state index contributed by atoms with van der Waals surface area (Å²) in [5, 5.41) is 4.20. The van der Waals surface area contributed by atoms with Crippen LogP contribution in [0.4, 0.5) is 5.69 Å². The number of rotatable bonds is 3. The third-order valence-corrected chi connectivity index (χ3v) is 4.66. The van der Waals surface area contributed by atoms with Crippen molar-refractivity contribution >= 4 is 23.0 Å². The van der Waals surface area contributed by atoms with E-state index in [1.54, 1.807) is 0 Å². The molecule has 0 unspecified atom stereocenters. The zero-order valence-electron chi connectivity index (χ0n) is 12.9. The molecule has 0 radical (unpaired) electrons. The standard InChI is InChI=1S/C17H26N2S/c1-13(2)14-9-11-15(12-10-14)18-17(20)19(3)16-7-5-4-6-8-16/h9-13,16H,4-8H2,1-3H3,(H,18,20). The maximum Gasteiger partial charge on any atom is 0.173 e. The molecule has 0 saturated heterocycles. The Labute approximate surface area is 128 Å². The second-order valence-corrected chi connectivity index (χ2v) is 6.50. The molecule has 1 fully saturated rings. The minimum atomic E-state index is 0.570. The van der Waals surface area contributed by atoms with Crippen LogP contribution in [-0.4, -0.2) is 23.1 Å². The minimum Gasteiger partial charge on any atom is -0.349 e. The quantitative estimate of drug-likeness (QED) is 0.807. The third kappa shape index (κ3) is 3.95. The Morgan fingerprint density at radius 2 is 1.75 bits per heavy atom. The first kappa shape index (κ1) is 15.3. The van der Waals surface area contributed by atoms with Crippen LogP contribution in [0.15, 0.2) is 24.3 Å². The maximum atomic E-state index is 5.54. The zero-order valence-corrected chi connectivity index (χ0v) is 13.7. The van der Waals surface area contributed by atoms with Gasteiger partial charge in [-0.1, -0.05) is 45.2 Å². The minimum absolute atomic E-state index is 0.570. The summed E-state index contributed by atoms with van der Waals surface area (Å²) in [7, 11) is 2.12. The number of hydrogen-bond donors (Lipinski definition) is 1. The van der Waals surface area contributed by atoms with E-state index >= 15 is 0 Å². The fourth-order valence-corrected chi connectivity index (χ4v) is 3.06. The first-order valence-electron chi connectivity index (χ1n) is 7.71. The topological polar surface area (TPSA) is 15.3 Å². The highest BCUT2D eigenvalue weighted by atomic mass is 32.1. The predicted molar refractivity (Wildman–Crippen MR) is 91.4 cm³/mol. The molecule has 2 nitrogen and oxygen atoms in total. The van der Waals surface area contributed by atoms with E-state index in [-0.39, 0.29) is 0 Å². The van der Waals surface area contributed by atoms with Crippen LogP contribution in [0.1, 0.15) is 57.4 Å². The number of benzene rings is 1. The number of thiocarbonyl (C=S) groups is 1. The van der Waals surface area contributed by atoms with Gasteiger partial charge in [-0.3, -0.25) is 0 Å². The van der Waals surface area contributed by atoms with Gasteiger partial charge in [0.1, 0.15) is 0 Å². The fraction of sp³-hybridized carbons (Fsp3) is 0.588. The molecular weight excluding hydrogens is 264 g/mol. The van der Waals surface area contributed by atoms with E-state index in [2.05, 4.69) is 55.4 Å². The van der Waals surface area contributed by atoms with Crippen molar-refractivity contribution in [1.29, 1.82) is 0 Å². The molecule has 0 heterocycles. The van der Waals surface area contributed by atoms with Gasteiger partial charge in [0.05, 0.1) is 0 Å². The molecule has 0 aliphatic heterocycles. The van der Waals surface area contributed by atoms with Crippen LogP contribution in [0.3, 0.4) is 0 Å². The van der Waals surface area contributed by atoms with Crippen LogP contribution in [0, 0.1) is 0 Å². The molecule has 1 aromatic carbocycles. The van der Waals surface area contributed by atoms with Gasteiger partial charge in [0, 0.05) is 18.8 Å². The molecule has 2 rings (SSSR count). The summed E-state index contributed by atoms with van der Waals surface area (Å²) in [4.78, 5) is 2.24. The van der Waals surface area contributed by atoms with E-state index in [0.29, 0.717) is 12.0 Å². The number of anilines is 1. The van der Waals surface area contributed by atoms with Crippen LogP contribution in [0.25, 0.3) is 0 Å². The second-order valence-electron chi connectivity index (χ2n) is 6.11. The van der Waals surface area contributed by atoms with Gasteiger partial charge in [0.2, 0.25) is 0 Å². The molecule has 1 aliphatic rings. The van der Waals surface area contributed by atoms with Crippen molar-refractivity contribution in [1.82, 2.24) is 4.90 Å². The monoisotopic (exact) mass is 290 g/mol. The van der Waals surface area contributed by atoms with E-state index in [4.69, 9.17) is 12.2 Å². The summed E-state index contributed by atoms with van der Waals surface area (Å²) in [6, 6.07) is 9.21. The summed E-state index contributed by atoms with van der Waals surface area (Å²) in [5.41, 5.74) is 2.45. The molecule has 1 aromatic rings. The highest BCUT2D eigenvalue weighted by molar-refractivity contribution is 7.80. The van der Waals surface area contributed by atoms with Gasteiger partial charge in [0.15, 0.2) is 5.11 Å². The SMILES string of the molecule is CC(C)c1ccc(NC(=S)N(C)C2CCCCC2)cc1. The Balaban J connectivity index is 1.92. The molecule has 1 N–H and O–H groups in total. The van der Waals surface area contributed by atoms with Gasteiger partial charge >= 0.3 is 0 Å². The summed E-state index contributed by atoms with van der Waals surface area (Å²) in [6.07, 6.45) is 6.58. The van der Waals surface area contributed by atoms with Crippen molar-refractivity contribution < 1.29 is 0 Å². The normalized spacial score (nSPS) is 16.2. The summed E-state index contributed by atoms with van der Waals surface area (Å²) in [5.74, 6) is 0.570. The smallest absolute Gasteiger partial charge is 0.173 e. The molecular formula is C17H26N2S. The molecule has 0 bridgehead atoms. The molecule has 0 amide bonds. The lowest BCUT2D eigenvalue weighted by atomic mass is 9.95. The Morgan fingerprint density at radius 1 is 1.15 bits per heavy atom. The van der Waals surface area contributed by atoms with E-state index in [0.717, 1.165) is 10.8 Å². The van der Waals surface area contributed by atoms with Crippen molar-refractivity contribution in [2.45, 2.75) is 57.9 Å². The molecule has 3 heteroatoms. The molecule has 0 atom stereocenters. The molecule has 1 aliphatic carbocycles. The van der Waals surface area contributed by atoms with E-state index in [9.17, 15) is 0 Å². The van der Waals surface area contributed by atoms with Crippen LogP contribution in [-0.2, 0) is 0 Å². The Morgan fingerprint density at radius 3 is 2.30 bits per heavy atom. The maximum absolute atomic E-state index is 5.54. The van der Waals surface area contributed by atoms with Crippen LogP contribution < -0.4 is 5.32 Å². The fourth-order valence-electron chi connectivity index (χ4n) is 2.80.